The molecular weight excluding hydrogens is 196 g/mol. The second-order valence-electron chi connectivity index (χ2n) is 4.26. The maximum atomic E-state index is 3.54. The SMILES string of the molecule is C(=Cc1ccccc1)CNC1CCCNC1. The summed E-state index contributed by atoms with van der Waals surface area (Å²) in [5.41, 5.74) is 1.27. The molecule has 2 rings (SSSR count). The van der Waals surface area contributed by atoms with Gasteiger partial charge in [0.25, 0.3) is 0 Å². The van der Waals surface area contributed by atoms with E-state index in [4.69, 9.17) is 0 Å². The van der Waals surface area contributed by atoms with Gasteiger partial charge in [-0.3, -0.25) is 0 Å². The minimum Gasteiger partial charge on any atom is -0.315 e. The van der Waals surface area contributed by atoms with Crippen molar-refractivity contribution in [3.8, 4) is 0 Å². The largest absolute Gasteiger partial charge is 0.315 e. The molecule has 0 spiro atoms. The van der Waals surface area contributed by atoms with E-state index in [2.05, 4.69) is 47.1 Å². The number of hydrogen-bond acceptors (Lipinski definition) is 2. The molecule has 0 aliphatic carbocycles. The van der Waals surface area contributed by atoms with Crippen LogP contribution in [0.1, 0.15) is 18.4 Å². The van der Waals surface area contributed by atoms with E-state index < -0.39 is 0 Å². The van der Waals surface area contributed by atoms with Gasteiger partial charge in [0.05, 0.1) is 0 Å². The van der Waals surface area contributed by atoms with Crippen LogP contribution in [-0.2, 0) is 0 Å². The van der Waals surface area contributed by atoms with E-state index in [9.17, 15) is 0 Å². The van der Waals surface area contributed by atoms with Crippen LogP contribution < -0.4 is 10.6 Å². The van der Waals surface area contributed by atoms with Crippen LogP contribution in [-0.4, -0.2) is 25.7 Å². The van der Waals surface area contributed by atoms with Crippen LogP contribution in [0.4, 0.5) is 0 Å². The van der Waals surface area contributed by atoms with Crippen molar-refractivity contribution >= 4 is 6.08 Å². The zero-order chi connectivity index (χ0) is 11.1. The maximum absolute atomic E-state index is 3.54. The molecule has 0 radical (unpaired) electrons. The van der Waals surface area contributed by atoms with Gasteiger partial charge in [0.15, 0.2) is 0 Å². The minimum absolute atomic E-state index is 0.647. The summed E-state index contributed by atoms with van der Waals surface area (Å²) in [6, 6.07) is 11.1. The number of hydrogen-bond donors (Lipinski definition) is 2. The summed E-state index contributed by atoms with van der Waals surface area (Å²) in [5.74, 6) is 0. The molecule has 1 aliphatic rings. The average Bonchev–Trinajstić information content (AvgIpc) is 2.37. The highest BCUT2D eigenvalue weighted by Crippen LogP contribution is 2.02. The second-order valence-corrected chi connectivity index (χ2v) is 4.26. The lowest BCUT2D eigenvalue weighted by molar-refractivity contribution is 0.402. The molecule has 1 unspecified atom stereocenters. The molecule has 1 aromatic rings. The van der Waals surface area contributed by atoms with E-state index >= 15 is 0 Å². The highest BCUT2D eigenvalue weighted by atomic mass is 15.0. The number of benzene rings is 1. The molecule has 0 bridgehead atoms. The Kier molecular flexibility index (Phi) is 4.59. The van der Waals surface area contributed by atoms with Crippen molar-refractivity contribution in [2.45, 2.75) is 18.9 Å². The number of rotatable bonds is 4. The van der Waals surface area contributed by atoms with E-state index in [1.165, 1.54) is 24.9 Å². The van der Waals surface area contributed by atoms with Crippen LogP contribution >= 0.6 is 0 Å². The van der Waals surface area contributed by atoms with Crippen LogP contribution in [0.15, 0.2) is 36.4 Å². The fourth-order valence-electron chi connectivity index (χ4n) is 2.02. The van der Waals surface area contributed by atoms with E-state index in [0.717, 1.165) is 13.1 Å². The summed E-state index contributed by atoms with van der Waals surface area (Å²) < 4.78 is 0. The van der Waals surface area contributed by atoms with Gasteiger partial charge in [0, 0.05) is 19.1 Å². The quantitative estimate of drug-likeness (QED) is 0.805. The van der Waals surface area contributed by atoms with Gasteiger partial charge in [-0.15, -0.1) is 0 Å². The van der Waals surface area contributed by atoms with Crippen LogP contribution in [0.5, 0.6) is 0 Å². The van der Waals surface area contributed by atoms with Crippen molar-refractivity contribution in [3.63, 3.8) is 0 Å². The van der Waals surface area contributed by atoms with Gasteiger partial charge in [0.1, 0.15) is 0 Å². The summed E-state index contributed by atoms with van der Waals surface area (Å²) >= 11 is 0. The van der Waals surface area contributed by atoms with Crippen molar-refractivity contribution < 1.29 is 0 Å². The fraction of sp³-hybridized carbons (Fsp3) is 0.429. The predicted octanol–water partition coefficient (Wildman–Crippen LogP) is 2.04. The van der Waals surface area contributed by atoms with E-state index in [1.807, 2.05) is 6.07 Å². The average molecular weight is 216 g/mol. The Morgan fingerprint density at radius 3 is 2.94 bits per heavy atom. The Morgan fingerprint density at radius 1 is 1.31 bits per heavy atom. The first-order valence-electron chi connectivity index (χ1n) is 6.11. The standard InChI is InChI=1S/C14H20N2/c1-2-6-13(7-3-1)8-4-11-16-14-9-5-10-15-12-14/h1-4,6-8,14-16H,5,9-12H2. The topological polar surface area (TPSA) is 24.1 Å². The zero-order valence-electron chi connectivity index (χ0n) is 9.65. The van der Waals surface area contributed by atoms with Gasteiger partial charge < -0.3 is 10.6 Å². The molecule has 2 N–H and O–H groups in total. The Balaban J connectivity index is 1.69. The smallest absolute Gasteiger partial charge is 0.0195 e. The summed E-state index contributed by atoms with van der Waals surface area (Å²) in [7, 11) is 0. The molecule has 0 aromatic heterocycles. The molecule has 0 amide bonds. The number of piperidine rings is 1. The molecule has 2 heteroatoms. The van der Waals surface area contributed by atoms with Crippen molar-refractivity contribution in [3.05, 3.63) is 42.0 Å². The molecule has 0 saturated carbocycles. The van der Waals surface area contributed by atoms with Crippen molar-refractivity contribution in [2.24, 2.45) is 0 Å². The second kappa shape index (κ2) is 6.46. The Hall–Kier alpha value is -1.12. The van der Waals surface area contributed by atoms with E-state index in [-0.39, 0.29) is 0 Å². The summed E-state index contributed by atoms with van der Waals surface area (Å²) in [4.78, 5) is 0. The monoisotopic (exact) mass is 216 g/mol. The molecule has 1 aliphatic heterocycles. The van der Waals surface area contributed by atoms with Crippen molar-refractivity contribution in [1.82, 2.24) is 10.6 Å². The highest BCUT2D eigenvalue weighted by Gasteiger charge is 2.10. The third-order valence-electron chi connectivity index (χ3n) is 2.93. The predicted molar refractivity (Wildman–Crippen MR) is 69.4 cm³/mol. The highest BCUT2D eigenvalue weighted by molar-refractivity contribution is 5.48. The molecule has 1 saturated heterocycles. The first-order valence-corrected chi connectivity index (χ1v) is 6.11. The van der Waals surface area contributed by atoms with Gasteiger partial charge in [-0.1, -0.05) is 42.5 Å². The van der Waals surface area contributed by atoms with Crippen LogP contribution in [0.3, 0.4) is 0 Å². The Bertz CT molecular complexity index is 313. The maximum Gasteiger partial charge on any atom is 0.0195 e. The third-order valence-corrected chi connectivity index (χ3v) is 2.93. The van der Waals surface area contributed by atoms with Crippen LogP contribution in [0.25, 0.3) is 6.08 Å². The first kappa shape index (κ1) is 11.4. The lowest BCUT2D eigenvalue weighted by Crippen LogP contribution is -2.43. The minimum atomic E-state index is 0.647. The molecule has 1 aromatic carbocycles. The van der Waals surface area contributed by atoms with Gasteiger partial charge in [-0.05, 0) is 24.9 Å². The molecule has 2 nitrogen and oxygen atoms in total. The fourth-order valence-corrected chi connectivity index (χ4v) is 2.02. The zero-order valence-corrected chi connectivity index (χ0v) is 9.65. The Morgan fingerprint density at radius 2 is 2.19 bits per heavy atom. The van der Waals surface area contributed by atoms with E-state index in [0.29, 0.717) is 6.04 Å². The van der Waals surface area contributed by atoms with Crippen LogP contribution in [0.2, 0.25) is 0 Å². The molecule has 1 atom stereocenters. The lowest BCUT2D eigenvalue weighted by atomic mass is 10.1. The summed E-state index contributed by atoms with van der Waals surface area (Å²) in [5, 5.41) is 6.95. The normalized spacial score (nSPS) is 21.4. The third kappa shape index (κ3) is 3.80. The molecule has 86 valence electrons. The molecular formula is C14H20N2. The van der Waals surface area contributed by atoms with Crippen LogP contribution in [0, 0.1) is 0 Å². The summed E-state index contributed by atoms with van der Waals surface area (Å²) in [6.45, 7) is 3.25. The van der Waals surface area contributed by atoms with Gasteiger partial charge in [-0.25, -0.2) is 0 Å². The lowest BCUT2D eigenvalue weighted by Gasteiger charge is -2.23. The first-order chi connectivity index (χ1) is 7.95. The molecule has 1 fully saturated rings. The van der Waals surface area contributed by atoms with Gasteiger partial charge >= 0.3 is 0 Å². The summed E-state index contributed by atoms with van der Waals surface area (Å²) in [6.07, 6.45) is 6.96. The van der Waals surface area contributed by atoms with Crippen molar-refractivity contribution in [1.29, 1.82) is 0 Å². The van der Waals surface area contributed by atoms with E-state index in [1.54, 1.807) is 0 Å². The molecule has 16 heavy (non-hydrogen) atoms. The van der Waals surface area contributed by atoms with Gasteiger partial charge in [-0.2, -0.15) is 0 Å². The Labute approximate surface area is 97.8 Å². The van der Waals surface area contributed by atoms with Gasteiger partial charge in [0.2, 0.25) is 0 Å². The molecule has 1 heterocycles. The number of nitrogens with one attached hydrogen (secondary N) is 2. The van der Waals surface area contributed by atoms with Crippen molar-refractivity contribution in [2.75, 3.05) is 19.6 Å².